The largest absolute Gasteiger partial charge is 0.486 e. The predicted molar refractivity (Wildman–Crippen MR) is 99.1 cm³/mol. The summed E-state index contributed by atoms with van der Waals surface area (Å²) >= 11 is 1.39. The van der Waals surface area contributed by atoms with E-state index in [0.717, 1.165) is 5.75 Å². The molecule has 0 aliphatic carbocycles. The molecule has 0 unspecified atom stereocenters. The lowest BCUT2D eigenvalue weighted by molar-refractivity contribution is 0.296. The first-order valence-electron chi connectivity index (χ1n) is 7.98. The van der Waals surface area contributed by atoms with Crippen molar-refractivity contribution in [2.45, 2.75) is 17.5 Å². The number of rotatable bonds is 6. The minimum atomic E-state index is -0.141. The smallest absolute Gasteiger partial charge is 0.258 e. The van der Waals surface area contributed by atoms with Gasteiger partial charge in [0.05, 0.1) is 16.7 Å². The fraction of sp³-hybridized carbons (Fsp3) is 0.111. The fourth-order valence-electron chi connectivity index (χ4n) is 2.41. The van der Waals surface area contributed by atoms with E-state index >= 15 is 0 Å². The van der Waals surface area contributed by atoms with Crippen LogP contribution in [0.3, 0.4) is 0 Å². The van der Waals surface area contributed by atoms with E-state index in [1.165, 1.54) is 11.8 Å². The fourth-order valence-corrected chi connectivity index (χ4v) is 3.10. The van der Waals surface area contributed by atoms with Gasteiger partial charge in [0.25, 0.3) is 5.56 Å². The molecule has 2 N–H and O–H groups in total. The van der Waals surface area contributed by atoms with Gasteiger partial charge in [0.15, 0.2) is 5.82 Å². The van der Waals surface area contributed by atoms with Crippen LogP contribution in [0.4, 0.5) is 0 Å². The van der Waals surface area contributed by atoms with Gasteiger partial charge in [-0.1, -0.05) is 42.1 Å². The average molecular weight is 365 g/mol. The third kappa shape index (κ3) is 3.75. The number of ether oxygens (including phenoxy) is 1. The van der Waals surface area contributed by atoms with E-state index in [1.807, 2.05) is 48.5 Å². The molecule has 8 heteroatoms. The number of hydrogen-bond acceptors (Lipinski definition) is 6. The minimum absolute atomic E-state index is 0.141. The number of nitrogens with one attached hydrogen (secondary N) is 2. The molecule has 4 rings (SSSR count). The van der Waals surface area contributed by atoms with Crippen molar-refractivity contribution in [2.24, 2.45) is 0 Å². The highest BCUT2D eigenvalue weighted by molar-refractivity contribution is 7.98. The van der Waals surface area contributed by atoms with Gasteiger partial charge in [-0.2, -0.15) is 0 Å². The number of hydrogen-bond donors (Lipinski definition) is 2. The number of benzene rings is 2. The Morgan fingerprint density at radius 1 is 0.962 bits per heavy atom. The topological polar surface area (TPSA) is 96.5 Å². The second kappa shape index (κ2) is 7.40. The predicted octanol–water partition coefficient (Wildman–Crippen LogP) is 2.91. The second-order valence-electron chi connectivity index (χ2n) is 5.48. The summed E-state index contributed by atoms with van der Waals surface area (Å²) in [4.78, 5) is 23.7. The van der Waals surface area contributed by atoms with Crippen LogP contribution in [0.2, 0.25) is 0 Å². The number of thioether (sulfide) groups is 1. The third-order valence-electron chi connectivity index (χ3n) is 3.63. The van der Waals surface area contributed by atoms with Gasteiger partial charge in [0.1, 0.15) is 18.2 Å². The monoisotopic (exact) mass is 365 g/mol. The normalized spacial score (nSPS) is 10.9. The Morgan fingerprint density at radius 2 is 1.77 bits per heavy atom. The van der Waals surface area contributed by atoms with Crippen molar-refractivity contribution in [3.63, 3.8) is 0 Å². The lowest BCUT2D eigenvalue weighted by Crippen LogP contribution is -2.11. The van der Waals surface area contributed by atoms with E-state index in [1.54, 1.807) is 6.07 Å². The molecule has 26 heavy (non-hydrogen) atoms. The van der Waals surface area contributed by atoms with Gasteiger partial charge in [-0.25, -0.2) is 9.97 Å². The maximum absolute atomic E-state index is 12.1. The summed E-state index contributed by atoms with van der Waals surface area (Å²) in [6, 6.07) is 16.8. The van der Waals surface area contributed by atoms with Crippen LogP contribution in [-0.4, -0.2) is 25.1 Å². The highest BCUT2D eigenvalue weighted by atomic mass is 32.2. The average Bonchev–Trinajstić information content (AvgIpc) is 3.14. The van der Waals surface area contributed by atoms with Gasteiger partial charge in [0, 0.05) is 0 Å². The van der Waals surface area contributed by atoms with Crippen LogP contribution < -0.4 is 10.3 Å². The van der Waals surface area contributed by atoms with Crippen LogP contribution in [0.25, 0.3) is 10.9 Å². The summed E-state index contributed by atoms with van der Waals surface area (Å²) in [5.41, 5.74) is 0.539. The molecule has 0 aliphatic heterocycles. The van der Waals surface area contributed by atoms with Crippen molar-refractivity contribution in [1.29, 1.82) is 0 Å². The van der Waals surface area contributed by atoms with Crippen LogP contribution in [0.1, 0.15) is 11.6 Å². The molecule has 0 spiro atoms. The zero-order chi connectivity index (χ0) is 17.8. The standard InChI is InChI=1S/C18H15N5O2S/c24-17-13-8-4-5-9-14(13)19-16(20-17)11-26-18-21-15(22-23-18)10-25-12-6-2-1-3-7-12/h1-9H,10-11H2,(H,19,20,24)(H,21,22,23). The molecule has 0 aliphatic rings. The third-order valence-corrected chi connectivity index (χ3v) is 4.49. The minimum Gasteiger partial charge on any atom is -0.486 e. The van der Waals surface area contributed by atoms with E-state index in [2.05, 4.69) is 25.1 Å². The summed E-state index contributed by atoms with van der Waals surface area (Å²) in [6.45, 7) is 0.308. The number of fused-ring (bicyclic) bond motifs is 1. The number of nitrogens with zero attached hydrogens (tertiary/aromatic N) is 3. The molecule has 4 aromatic rings. The number of H-pyrrole nitrogens is 2. The number of aromatic amines is 2. The van der Waals surface area contributed by atoms with E-state index in [0.29, 0.717) is 40.1 Å². The van der Waals surface area contributed by atoms with E-state index in [9.17, 15) is 4.79 Å². The van der Waals surface area contributed by atoms with Gasteiger partial charge in [-0.05, 0) is 24.3 Å². The Bertz CT molecular complexity index is 1080. The van der Waals surface area contributed by atoms with Crippen molar-refractivity contribution in [3.8, 4) is 5.75 Å². The first-order chi connectivity index (χ1) is 12.8. The maximum atomic E-state index is 12.1. The molecule has 2 heterocycles. The molecule has 0 amide bonds. The molecular weight excluding hydrogens is 350 g/mol. The van der Waals surface area contributed by atoms with Crippen molar-refractivity contribution in [2.75, 3.05) is 0 Å². The summed E-state index contributed by atoms with van der Waals surface area (Å²) in [6.07, 6.45) is 0. The van der Waals surface area contributed by atoms with Crippen LogP contribution in [0.15, 0.2) is 64.5 Å². The first-order valence-corrected chi connectivity index (χ1v) is 8.96. The van der Waals surface area contributed by atoms with Crippen molar-refractivity contribution < 1.29 is 4.74 Å². The lowest BCUT2D eigenvalue weighted by Gasteiger charge is -2.02. The summed E-state index contributed by atoms with van der Waals surface area (Å²) < 4.78 is 5.63. The number of aromatic nitrogens is 5. The van der Waals surface area contributed by atoms with E-state index in [-0.39, 0.29) is 5.56 Å². The van der Waals surface area contributed by atoms with Crippen molar-refractivity contribution in [3.05, 3.63) is 76.6 Å². The molecule has 7 nitrogen and oxygen atoms in total. The Morgan fingerprint density at radius 3 is 2.65 bits per heavy atom. The van der Waals surface area contributed by atoms with Crippen LogP contribution >= 0.6 is 11.8 Å². The van der Waals surface area contributed by atoms with Crippen molar-refractivity contribution in [1.82, 2.24) is 25.1 Å². The molecule has 0 bridgehead atoms. The van der Waals surface area contributed by atoms with Gasteiger partial charge >= 0.3 is 0 Å². The van der Waals surface area contributed by atoms with Crippen LogP contribution in [-0.2, 0) is 12.4 Å². The van der Waals surface area contributed by atoms with E-state index in [4.69, 9.17) is 4.74 Å². The Kier molecular flexibility index (Phi) is 4.65. The lowest BCUT2D eigenvalue weighted by atomic mass is 10.2. The highest BCUT2D eigenvalue weighted by Gasteiger charge is 2.08. The molecule has 0 saturated heterocycles. The molecule has 0 fully saturated rings. The molecular formula is C18H15N5O2S. The van der Waals surface area contributed by atoms with Crippen molar-refractivity contribution >= 4 is 22.7 Å². The molecule has 0 radical (unpaired) electrons. The zero-order valence-corrected chi connectivity index (χ0v) is 14.5. The van der Waals surface area contributed by atoms with Gasteiger partial charge in [-0.15, -0.1) is 5.10 Å². The summed E-state index contributed by atoms with van der Waals surface area (Å²) in [5.74, 6) is 2.47. The zero-order valence-electron chi connectivity index (χ0n) is 13.7. The molecule has 0 saturated carbocycles. The number of para-hydroxylation sites is 2. The van der Waals surface area contributed by atoms with Gasteiger partial charge in [-0.3, -0.25) is 9.89 Å². The molecule has 0 atom stereocenters. The molecule has 130 valence electrons. The van der Waals surface area contributed by atoms with E-state index < -0.39 is 0 Å². The summed E-state index contributed by atoms with van der Waals surface area (Å²) in [5, 5.41) is 8.17. The second-order valence-corrected chi connectivity index (χ2v) is 6.43. The Balaban J connectivity index is 1.39. The Labute approximate surface area is 152 Å². The quantitative estimate of drug-likeness (QED) is 0.510. The Hall–Kier alpha value is -3.13. The van der Waals surface area contributed by atoms with Crippen LogP contribution in [0, 0.1) is 0 Å². The van der Waals surface area contributed by atoms with Gasteiger partial charge in [0.2, 0.25) is 5.16 Å². The molecule has 2 aromatic carbocycles. The maximum Gasteiger partial charge on any atom is 0.258 e. The molecule has 2 aromatic heterocycles. The summed E-state index contributed by atoms with van der Waals surface area (Å²) in [7, 11) is 0. The van der Waals surface area contributed by atoms with Crippen LogP contribution in [0.5, 0.6) is 5.75 Å². The SMILES string of the molecule is O=c1[nH]c(CSc2n[nH]c(COc3ccccc3)n2)nc2ccccc12. The highest BCUT2D eigenvalue weighted by Crippen LogP contribution is 2.18. The first kappa shape index (κ1) is 16.3. The van der Waals surface area contributed by atoms with Gasteiger partial charge < -0.3 is 9.72 Å².